The quantitative estimate of drug-likeness (QED) is 0.390. The molecule has 0 aliphatic carbocycles. The Bertz CT molecular complexity index is 1050. The molecule has 0 saturated heterocycles. The van der Waals surface area contributed by atoms with Crippen molar-refractivity contribution in [2.45, 2.75) is 71.9 Å². The topological polar surface area (TPSA) is 84.2 Å². The Hall–Kier alpha value is -2.67. The third-order valence-corrected chi connectivity index (χ3v) is 7.19. The number of hydrogen-bond donors (Lipinski definition) is 2. The number of thiophene rings is 1. The summed E-state index contributed by atoms with van der Waals surface area (Å²) in [6, 6.07) is 9.10. The lowest BCUT2D eigenvalue weighted by molar-refractivity contribution is -0.140. The van der Waals surface area contributed by atoms with Crippen LogP contribution >= 0.6 is 11.3 Å². The van der Waals surface area contributed by atoms with Gasteiger partial charge in [0.05, 0.1) is 11.0 Å². The molecule has 2 N–H and O–H groups in total. The van der Waals surface area contributed by atoms with Crippen LogP contribution in [0, 0.1) is 5.92 Å². The first-order chi connectivity index (χ1) is 15.4. The predicted molar refractivity (Wildman–Crippen MR) is 129 cm³/mol. The minimum Gasteiger partial charge on any atom is -0.480 e. The SMILES string of the molecule is CCC(CC)[C@H](NC(=O)c1ccc2c(c1)nc(Cc1cccs1)n2C(CC)CC)C(=O)O. The number of nitrogens with zero attached hydrogens (tertiary/aromatic N) is 2. The number of fused-ring (bicyclic) bond motifs is 1. The fourth-order valence-corrected chi connectivity index (χ4v) is 5.11. The maximum absolute atomic E-state index is 12.9. The zero-order valence-electron chi connectivity index (χ0n) is 19.3. The molecular weight excluding hydrogens is 422 g/mol. The molecule has 1 amide bonds. The van der Waals surface area contributed by atoms with E-state index in [1.165, 1.54) is 4.88 Å². The van der Waals surface area contributed by atoms with Crippen LogP contribution in [0.5, 0.6) is 0 Å². The van der Waals surface area contributed by atoms with Crippen LogP contribution in [0.4, 0.5) is 0 Å². The van der Waals surface area contributed by atoms with Crippen LogP contribution in [-0.4, -0.2) is 32.6 Å². The van der Waals surface area contributed by atoms with Crippen molar-refractivity contribution in [1.29, 1.82) is 0 Å². The van der Waals surface area contributed by atoms with Gasteiger partial charge >= 0.3 is 5.97 Å². The lowest BCUT2D eigenvalue weighted by Crippen LogP contribution is -2.45. The number of nitrogens with one attached hydrogen (secondary N) is 1. The molecule has 0 saturated carbocycles. The average Bonchev–Trinajstić information content (AvgIpc) is 3.42. The smallest absolute Gasteiger partial charge is 0.326 e. The number of amides is 1. The molecule has 3 aromatic rings. The summed E-state index contributed by atoms with van der Waals surface area (Å²) in [4.78, 5) is 30.8. The van der Waals surface area contributed by atoms with Crippen LogP contribution in [0.2, 0.25) is 0 Å². The van der Waals surface area contributed by atoms with E-state index in [0.29, 0.717) is 24.4 Å². The Morgan fingerprint density at radius 2 is 1.81 bits per heavy atom. The Labute approximate surface area is 193 Å². The van der Waals surface area contributed by atoms with E-state index in [0.717, 1.165) is 36.1 Å². The summed E-state index contributed by atoms with van der Waals surface area (Å²) in [5.74, 6) is -0.478. The molecule has 0 spiro atoms. The Balaban J connectivity index is 1.97. The van der Waals surface area contributed by atoms with Crippen molar-refractivity contribution in [2.24, 2.45) is 5.92 Å². The minimum absolute atomic E-state index is 0.105. The Morgan fingerprint density at radius 3 is 2.38 bits per heavy atom. The molecule has 0 unspecified atom stereocenters. The molecule has 7 heteroatoms. The van der Waals surface area contributed by atoms with Gasteiger partial charge in [0.1, 0.15) is 11.9 Å². The van der Waals surface area contributed by atoms with E-state index < -0.39 is 12.0 Å². The van der Waals surface area contributed by atoms with Crippen molar-refractivity contribution in [3.05, 3.63) is 52.0 Å². The van der Waals surface area contributed by atoms with Crippen LogP contribution in [-0.2, 0) is 11.2 Å². The monoisotopic (exact) mass is 455 g/mol. The summed E-state index contributed by atoms with van der Waals surface area (Å²) in [6.07, 6.45) is 4.13. The number of imidazole rings is 1. The highest BCUT2D eigenvalue weighted by Gasteiger charge is 2.28. The van der Waals surface area contributed by atoms with E-state index in [1.807, 2.05) is 26.0 Å². The van der Waals surface area contributed by atoms with E-state index in [-0.39, 0.29) is 11.8 Å². The highest BCUT2D eigenvalue weighted by Crippen LogP contribution is 2.28. The Kier molecular flexibility index (Phi) is 8.07. The summed E-state index contributed by atoms with van der Waals surface area (Å²) >= 11 is 1.71. The maximum atomic E-state index is 12.9. The fourth-order valence-electron chi connectivity index (χ4n) is 4.41. The molecule has 2 heterocycles. The van der Waals surface area contributed by atoms with E-state index in [2.05, 4.69) is 35.2 Å². The van der Waals surface area contributed by atoms with Crippen molar-refractivity contribution < 1.29 is 14.7 Å². The molecule has 0 bridgehead atoms. The molecule has 0 aliphatic rings. The van der Waals surface area contributed by atoms with Crippen molar-refractivity contribution in [2.75, 3.05) is 0 Å². The lowest BCUT2D eigenvalue weighted by atomic mass is 9.94. The van der Waals surface area contributed by atoms with Crippen LogP contribution in [0.25, 0.3) is 11.0 Å². The zero-order valence-corrected chi connectivity index (χ0v) is 20.1. The van der Waals surface area contributed by atoms with Gasteiger partial charge < -0.3 is 15.0 Å². The van der Waals surface area contributed by atoms with Gasteiger partial charge in [-0.25, -0.2) is 9.78 Å². The number of aromatic nitrogens is 2. The second-order valence-corrected chi connectivity index (χ2v) is 9.23. The molecule has 172 valence electrons. The number of aliphatic carboxylic acids is 1. The van der Waals surface area contributed by atoms with E-state index >= 15 is 0 Å². The van der Waals surface area contributed by atoms with Gasteiger partial charge in [-0.2, -0.15) is 0 Å². The molecule has 3 rings (SSSR count). The van der Waals surface area contributed by atoms with Crippen molar-refractivity contribution >= 4 is 34.2 Å². The molecule has 6 nitrogen and oxygen atoms in total. The highest BCUT2D eigenvalue weighted by molar-refractivity contribution is 7.09. The lowest BCUT2D eigenvalue weighted by Gasteiger charge is -2.22. The second-order valence-electron chi connectivity index (χ2n) is 8.19. The molecule has 1 aromatic carbocycles. The number of carbonyl (C=O) groups is 2. The Morgan fingerprint density at radius 1 is 1.09 bits per heavy atom. The summed E-state index contributed by atoms with van der Waals surface area (Å²) in [5.41, 5.74) is 2.22. The zero-order chi connectivity index (χ0) is 23.3. The molecule has 0 aliphatic heterocycles. The molecule has 1 atom stereocenters. The van der Waals surface area contributed by atoms with Gasteiger partial charge in [-0.1, -0.05) is 46.6 Å². The van der Waals surface area contributed by atoms with Crippen LogP contribution in [0.3, 0.4) is 0 Å². The van der Waals surface area contributed by atoms with Gasteiger partial charge in [0.15, 0.2) is 0 Å². The number of benzene rings is 1. The second kappa shape index (κ2) is 10.8. The van der Waals surface area contributed by atoms with E-state index in [9.17, 15) is 14.7 Å². The van der Waals surface area contributed by atoms with Gasteiger partial charge in [-0.05, 0) is 48.4 Å². The molecule has 0 radical (unpaired) electrons. The molecule has 2 aromatic heterocycles. The first-order valence-electron chi connectivity index (χ1n) is 11.5. The fraction of sp³-hybridized carbons (Fsp3) is 0.480. The standard InChI is InChI=1S/C25H33N3O3S/c1-5-16(6-2)23(25(30)31)27-24(29)17-11-12-21-20(14-17)26-22(15-19-10-9-13-32-19)28(21)18(7-3)8-4/h9-14,16,18,23H,5-8,15H2,1-4H3,(H,27,29)(H,30,31)/t23-/m0/s1. The van der Waals surface area contributed by atoms with Crippen LogP contribution in [0.15, 0.2) is 35.7 Å². The van der Waals surface area contributed by atoms with Gasteiger partial charge in [-0.3, -0.25) is 4.79 Å². The molecular formula is C25H33N3O3S. The van der Waals surface area contributed by atoms with Gasteiger partial charge in [-0.15, -0.1) is 11.3 Å². The van der Waals surface area contributed by atoms with Crippen LogP contribution in [0.1, 0.15) is 80.5 Å². The predicted octanol–water partition coefficient (Wildman–Crippen LogP) is 5.67. The number of carboxylic acid groups (broad SMARTS) is 1. The van der Waals surface area contributed by atoms with Crippen LogP contribution < -0.4 is 5.32 Å². The van der Waals surface area contributed by atoms with Gasteiger partial charge in [0, 0.05) is 22.9 Å². The normalized spacial score (nSPS) is 12.6. The third kappa shape index (κ3) is 5.04. The van der Waals surface area contributed by atoms with Gasteiger partial charge in [0.25, 0.3) is 5.91 Å². The third-order valence-electron chi connectivity index (χ3n) is 6.32. The number of carbonyl (C=O) groups excluding carboxylic acids is 1. The highest BCUT2D eigenvalue weighted by atomic mass is 32.1. The van der Waals surface area contributed by atoms with Crippen molar-refractivity contribution in [1.82, 2.24) is 14.9 Å². The number of rotatable bonds is 11. The number of carboxylic acids is 1. The van der Waals surface area contributed by atoms with Gasteiger partial charge in [0.2, 0.25) is 0 Å². The molecule has 0 fully saturated rings. The average molecular weight is 456 g/mol. The molecule has 32 heavy (non-hydrogen) atoms. The number of hydrogen-bond acceptors (Lipinski definition) is 4. The van der Waals surface area contributed by atoms with E-state index in [1.54, 1.807) is 23.5 Å². The van der Waals surface area contributed by atoms with E-state index in [4.69, 9.17) is 4.98 Å². The van der Waals surface area contributed by atoms with Crippen molar-refractivity contribution in [3.8, 4) is 0 Å². The summed E-state index contributed by atoms with van der Waals surface area (Å²) < 4.78 is 2.31. The first-order valence-corrected chi connectivity index (χ1v) is 12.4. The first kappa shape index (κ1) is 24.0. The summed E-state index contributed by atoms with van der Waals surface area (Å²) in [5, 5.41) is 14.4. The largest absolute Gasteiger partial charge is 0.480 e. The minimum atomic E-state index is -0.996. The maximum Gasteiger partial charge on any atom is 0.326 e. The summed E-state index contributed by atoms with van der Waals surface area (Å²) in [7, 11) is 0. The summed E-state index contributed by atoms with van der Waals surface area (Å²) in [6.45, 7) is 8.26. The van der Waals surface area contributed by atoms with Crippen molar-refractivity contribution in [3.63, 3.8) is 0 Å².